The molecule has 4 heteroatoms. The zero-order chi connectivity index (χ0) is 10.6. The maximum absolute atomic E-state index is 11.5. The van der Waals surface area contributed by atoms with E-state index in [4.69, 9.17) is 0 Å². The molecule has 0 atom stereocenters. The van der Waals surface area contributed by atoms with Crippen molar-refractivity contribution < 1.29 is 4.79 Å². The number of urea groups is 1. The van der Waals surface area contributed by atoms with Crippen molar-refractivity contribution >= 4 is 6.03 Å². The molecule has 1 rings (SSSR count). The molecule has 0 aromatic heterocycles. The van der Waals surface area contributed by atoms with Crippen LogP contribution in [-0.2, 0) is 0 Å². The summed E-state index contributed by atoms with van der Waals surface area (Å²) >= 11 is 0. The summed E-state index contributed by atoms with van der Waals surface area (Å²) in [7, 11) is 0. The highest BCUT2D eigenvalue weighted by Gasteiger charge is 2.18. The van der Waals surface area contributed by atoms with Gasteiger partial charge in [-0.3, -0.25) is 0 Å². The highest BCUT2D eigenvalue weighted by Crippen LogP contribution is 2.03. The molecule has 0 aromatic rings. The van der Waals surface area contributed by atoms with Crippen LogP contribution in [0.3, 0.4) is 0 Å². The molecule has 1 saturated heterocycles. The van der Waals surface area contributed by atoms with Gasteiger partial charge < -0.3 is 16.0 Å². The van der Waals surface area contributed by atoms with Gasteiger partial charge in [-0.15, -0.1) is 0 Å². The Morgan fingerprint density at radius 2 is 1.86 bits per heavy atom. The molecule has 2 amide bonds. The van der Waals surface area contributed by atoms with Gasteiger partial charge in [0.1, 0.15) is 0 Å². The number of carbonyl (C=O) groups excluding carboxylic acids is 1. The number of amides is 2. The summed E-state index contributed by atoms with van der Waals surface area (Å²) in [4.78, 5) is 11.5. The first-order chi connectivity index (χ1) is 6.47. The van der Waals surface area contributed by atoms with Crippen molar-refractivity contribution in [3.8, 4) is 0 Å². The highest BCUT2D eigenvalue weighted by molar-refractivity contribution is 5.74. The second kappa shape index (κ2) is 4.64. The molecular formula is C10H21N3O. The number of carbonyl (C=O) groups is 1. The Hall–Kier alpha value is -0.770. The Kier molecular flexibility index (Phi) is 3.75. The Balaban J connectivity index is 2.25. The molecule has 4 nitrogen and oxygen atoms in total. The van der Waals surface area contributed by atoms with Gasteiger partial charge in [-0.25, -0.2) is 4.79 Å². The lowest BCUT2D eigenvalue weighted by atomic mass is 10.1. The molecule has 0 aliphatic carbocycles. The summed E-state index contributed by atoms with van der Waals surface area (Å²) in [5.74, 6) is 0. The predicted molar refractivity (Wildman–Crippen MR) is 57.3 cm³/mol. The topological polar surface area (TPSA) is 53.2 Å². The van der Waals surface area contributed by atoms with Crippen LogP contribution in [0.15, 0.2) is 0 Å². The predicted octanol–water partition coefficient (Wildman–Crippen LogP) is 0.836. The van der Waals surface area contributed by atoms with E-state index in [-0.39, 0.29) is 11.6 Å². The first kappa shape index (κ1) is 11.3. The van der Waals surface area contributed by atoms with Gasteiger partial charge in [-0.1, -0.05) is 0 Å². The molecule has 14 heavy (non-hydrogen) atoms. The van der Waals surface area contributed by atoms with Crippen molar-refractivity contribution in [2.45, 2.75) is 45.2 Å². The Morgan fingerprint density at radius 1 is 1.29 bits per heavy atom. The number of nitrogens with one attached hydrogen (secondary N) is 3. The lowest BCUT2D eigenvalue weighted by Gasteiger charge is -2.27. The summed E-state index contributed by atoms with van der Waals surface area (Å²) in [6.45, 7) is 7.94. The normalized spacial score (nSPS) is 19.1. The fraction of sp³-hybridized carbons (Fsp3) is 0.900. The average Bonchev–Trinajstić information content (AvgIpc) is 2.02. The maximum Gasteiger partial charge on any atom is 0.315 e. The van der Waals surface area contributed by atoms with Gasteiger partial charge in [0.25, 0.3) is 0 Å². The van der Waals surface area contributed by atoms with Gasteiger partial charge in [-0.05, 0) is 46.7 Å². The monoisotopic (exact) mass is 199 g/mol. The van der Waals surface area contributed by atoms with Crippen molar-refractivity contribution in [3.05, 3.63) is 0 Å². The standard InChI is InChI=1S/C10H21N3O/c1-10(2,3)13-9(14)12-8-4-6-11-7-5-8/h8,11H,4-7H2,1-3H3,(H2,12,13,14). The van der Waals surface area contributed by atoms with E-state index in [9.17, 15) is 4.79 Å². The third kappa shape index (κ3) is 4.46. The zero-order valence-electron chi connectivity index (χ0n) is 9.31. The minimum absolute atomic E-state index is 0.0515. The molecule has 1 aliphatic heterocycles. The third-order valence-electron chi connectivity index (χ3n) is 2.16. The lowest BCUT2D eigenvalue weighted by molar-refractivity contribution is 0.224. The Labute approximate surface area is 85.8 Å². The molecule has 0 aromatic carbocycles. The van der Waals surface area contributed by atoms with Crippen molar-refractivity contribution in [3.63, 3.8) is 0 Å². The number of rotatable bonds is 1. The van der Waals surface area contributed by atoms with Crippen LogP contribution in [0, 0.1) is 0 Å². The van der Waals surface area contributed by atoms with Gasteiger partial charge in [0.05, 0.1) is 0 Å². The minimum Gasteiger partial charge on any atom is -0.335 e. The molecule has 0 unspecified atom stereocenters. The Bertz CT molecular complexity index is 192. The van der Waals surface area contributed by atoms with E-state index in [0.29, 0.717) is 6.04 Å². The van der Waals surface area contributed by atoms with Crippen molar-refractivity contribution in [2.75, 3.05) is 13.1 Å². The fourth-order valence-corrected chi connectivity index (χ4v) is 1.53. The quantitative estimate of drug-likeness (QED) is 0.586. The first-order valence-corrected chi connectivity index (χ1v) is 5.27. The molecule has 1 fully saturated rings. The minimum atomic E-state index is -0.156. The highest BCUT2D eigenvalue weighted by atomic mass is 16.2. The third-order valence-corrected chi connectivity index (χ3v) is 2.16. The van der Waals surface area contributed by atoms with Crippen LogP contribution in [0.2, 0.25) is 0 Å². The van der Waals surface area contributed by atoms with E-state index in [1.54, 1.807) is 0 Å². The van der Waals surface area contributed by atoms with Crippen molar-refractivity contribution in [1.29, 1.82) is 0 Å². The largest absolute Gasteiger partial charge is 0.335 e. The lowest BCUT2D eigenvalue weighted by Crippen LogP contribution is -2.51. The molecule has 0 saturated carbocycles. The molecule has 3 N–H and O–H groups in total. The van der Waals surface area contributed by atoms with E-state index in [2.05, 4.69) is 16.0 Å². The van der Waals surface area contributed by atoms with Gasteiger partial charge >= 0.3 is 6.03 Å². The van der Waals surface area contributed by atoms with Crippen LogP contribution in [0.25, 0.3) is 0 Å². The van der Waals surface area contributed by atoms with Gasteiger partial charge in [0, 0.05) is 11.6 Å². The van der Waals surface area contributed by atoms with Crippen LogP contribution >= 0.6 is 0 Å². The van der Waals surface area contributed by atoms with E-state index in [1.807, 2.05) is 20.8 Å². The molecule has 0 radical (unpaired) electrons. The van der Waals surface area contributed by atoms with Crippen LogP contribution in [0.1, 0.15) is 33.6 Å². The van der Waals surface area contributed by atoms with Crippen LogP contribution in [0.4, 0.5) is 4.79 Å². The molecule has 1 aliphatic rings. The van der Waals surface area contributed by atoms with Gasteiger partial charge in [0.15, 0.2) is 0 Å². The zero-order valence-corrected chi connectivity index (χ0v) is 9.31. The number of piperidine rings is 1. The first-order valence-electron chi connectivity index (χ1n) is 5.27. The van der Waals surface area contributed by atoms with Crippen molar-refractivity contribution in [1.82, 2.24) is 16.0 Å². The van der Waals surface area contributed by atoms with E-state index in [0.717, 1.165) is 25.9 Å². The van der Waals surface area contributed by atoms with Crippen LogP contribution in [0.5, 0.6) is 0 Å². The average molecular weight is 199 g/mol. The maximum atomic E-state index is 11.5. The smallest absolute Gasteiger partial charge is 0.315 e. The number of hydrogen-bond donors (Lipinski definition) is 3. The van der Waals surface area contributed by atoms with E-state index >= 15 is 0 Å². The summed E-state index contributed by atoms with van der Waals surface area (Å²) in [6, 6.07) is 0.281. The van der Waals surface area contributed by atoms with E-state index < -0.39 is 0 Å². The second-order valence-electron chi connectivity index (χ2n) is 4.87. The van der Waals surface area contributed by atoms with Crippen LogP contribution in [-0.4, -0.2) is 30.7 Å². The summed E-state index contributed by atoms with van der Waals surface area (Å²) < 4.78 is 0. The summed E-state index contributed by atoms with van der Waals surface area (Å²) in [6.07, 6.45) is 2.05. The fourth-order valence-electron chi connectivity index (χ4n) is 1.53. The molecule has 82 valence electrons. The molecule has 0 bridgehead atoms. The summed E-state index contributed by atoms with van der Waals surface area (Å²) in [5, 5.41) is 9.15. The molecule has 1 heterocycles. The second-order valence-corrected chi connectivity index (χ2v) is 4.87. The van der Waals surface area contributed by atoms with Crippen molar-refractivity contribution in [2.24, 2.45) is 0 Å². The Morgan fingerprint density at radius 3 is 2.36 bits per heavy atom. The molecule has 0 spiro atoms. The van der Waals surface area contributed by atoms with E-state index in [1.165, 1.54) is 0 Å². The molecular weight excluding hydrogens is 178 g/mol. The number of hydrogen-bond acceptors (Lipinski definition) is 2. The van der Waals surface area contributed by atoms with Gasteiger partial charge in [-0.2, -0.15) is 0 Å². The van der Waals surface area contributed by atoms with Crippen LogP contribution < -0.4 is 16.0 Å². The summed E-state index contributed by atoms with van der Waals surface area (Å²) in [5.41, 5.74) is -0.156. The SMILES string of the molecule is CC(C)(C)NC(=O)NC1CCNCC1. The van der Waals surface area contributed by atoms with Gasteiger partial charge in [0.2, 0.25) is 0 Å².